The highest BCUT2D eigenvalue weighted by Crippen LogP contribution is 2.27. The van der Waals surface area contributed by atoms with Gasteiger partial charge in [-0.15, -0.1) is 0 Å². The largest absolute Gasteiger partial charge is 0.381 e. The molecule has 0 radical (unpaired) electrons. The van der Waals surface area contributed by atoms with Crippen LogP contribution in [0.5, 0.6) is 0 Å². The Hall–Kier alpha value is -0.750. The van der Waals surface area contributed by atoms with E-state index in [2.05, 4.69) is 9.36 Å². The summed E-state index contributed by atoms with van der Waals surface area (Å²) in [6.45, 7) is 0. The van der Waals surface area contributed by atoms with Crippen molar-refractivity contribution in [3.8, 4) is 0 Å². The smallest absolute Gasteiger partial charge is 0.169 e. The van der Waals surface area contributed by atoms with Crippen molar-refractivity contribution < 1.29 is 0 Å². The summed E-state index contributed by atoms with van der Waals surface area (Å²) in [5.41, 5.74) is 6.45. The van der Waals surface area contributed by atoms with Crippen LogP contribution in [-0.4, -0.2) is 20.2 Å². The van der Waals surface area contributed by atoms with Gasteiger partial charge >= 0.3 is 0 Å². The fraction of sp³-hybridized carbons (Fsp3) is 0.333. The van der Waals surface area contributed by atoms with Gasteiger partial charge in [-0.05, 0) is 17.8 Å². The van der Waals surface area contributed by atoms with Gasteiger partial charge in [-0.2, -0.15) is 4.37 Å². The fourth-order valence-corrected chi connectivity index (χ4v) is 2.38. The van der Waals surface area contributed by atoms with Gasteiger partial charge in [0.1, 0.15) is 10.3 Å². The number of nitrogens with two attached hydrogens (primary N) is 1. The average Bonchev–Trinajstić information content (AvgIpc) is 2.55. The van der Waals surface area contributed by atoms with Crippen LogP contribution in [0.1, 0.15) is 0 Å². The van der Waals surface area contributed by atoms with E-state index in [1.165, 1.54) is 11.5 Å². The van der Waals surface area contributed by atoms with E-state index in [0.717, 1.165) is 15.5 Å². The molecule has 2 rings (SSSR count). The molecule has 0 atom stereocenters. The van der Waals surface area contributed by atoms with E-state index < -0.39 is 0 Å². The van der Waals surface area contributed by atoms with E-state index in [0.29, 0.717) is 5.82 Å². The van der Waals surface area contributed by atoms with E-state index in [4.69, 9.17) is 5.73 Å². The molecule has 64 valence electrons. The molecule has 2 aromatic rings. The lowest BCUT2D eigenvalue weighted by atomic mass is 10.6. The zero-order valence-electron chi connectivity index (χ0n) is 6.74. The molecule has 0 aliphatic heterocycles. The molecule has 6 heteroatoms. The van der Waals surface area contributed by atoms with Gasteiger partial charge in [0.05, 0.1) is 0 Å². The molecule has 0 saturated carbocycles. The fourth-order valence-electron chi connectivity index (χ4n) is 1.05. The third-order valence-corrected chi connectivity index (χ3v) is 3.32. The van der Waals surface area contributed by atoms with Gasteiger partial charge in [-0.3, -0.25) is 0 Å². The zero-order valence-corrected chi connectivity index (χ0v) is 8.37. The van der Waals surface area contributed by atoms with E-state index in [-0.39, 0.29) is 0 Å². The molecule has 0 aliphatic carbocycles. The molecule has 2 aromatic heterocycles. The quantitative estimate of drug-likeness (QED) is 0.706. The Labute approximate surface area is 77.9 Å². The highest BCUT2D eigenvalue weighted by atomic mass is 32.2. The topological polar surface area (TPSA) is 56.7 Å². The third kappa shape index (κ3) is 0.914. The first-order chi connectivity index (χ1) is 5.74. The predicted molar refractivity (Wildman–Crippen MR) is 52.6 cm³/mol. The Kier molecular flexibility index (Phi) is 1.73. The van der Waals surface area contributed by atoms with Crippen molar-refractivity contribution in [3.05, 3.63) is 0 Å². The Morgan fingerprint density at radius 3 is 2.92 bits per heavy atom. The number of hydrogen-bond donors (Lipinski definition) is 1. The Morgan fingerprint density at radius 2 is 2.33 bits per heavy atom. The molecule has 4 nitrogen and oxygen atoms in total. The van der Waals surface area contributed by atoms with E-state index in [9.17, 15) is 0 Å². The van der Waals surface area contributed by atoms with Crippen LogP contribution >= 0.6 is 23.3 Å². The maximum absolute atomic E-state index is 5.63. The molecule has 0 unspecified atom stereocenters. The molecule has 0 spiro atoms. The summed E-state index contributed by atoms with van der Waals surface area (Å²) in [6.07, 6.45) is 2.00. The maximum Gasteiger partial charge on any atom is 0.169 e. The molecule has 0 saturated heterocycles. The number of rotatable bonds is 1. The van der Waals surface area contributed by atoms with Crippen molar-refractivity contribution in [2.75, 3.05) is 12.0 Å². The van der Waals surface area contributed by atoms with Crippen LogP contribution in [0.25, 0.3) is 10.3 Å². The van der Waals surface area contributed by atoms with Gasteiger partial charge in [0.15, 0.2) is 11.0 Å². The van der Waals surface area contributed by atoms with Crippen molar-refractivity contribution >= 4 is 39.5 Å². The number of aromatic nitrogens is 3. The van der Waals surface area contributed by atoms with E-state index >= 15 is 0 Å². The van der Waals surface area contributed by atoms with E-state index in [1.54, 1.807) is 11.8 Å². The van der Waals surface area contributed by atoms with Gasteiger partial charge in [-0.25, -0.2) is 4.98 Å². The second-order valence-electron chi connectivity index (χ2n) is 2.38. The van der Waals surface area contributed by atoms with Crippen molar-refractivity contribution in [1.82, 2.24) is 13.9 Å². The Balaban J connectivity index is 2.79. The lowest BCUT2D eigenvalue weighted by Crippen LogP contribution is -1.87. The van der Waals surface area contributed by atoms with Crippen LogP contribution < -0.4 is 5.73 Å². The first kappa shape index (κ1) is 7.88. The van der Waals surface area contributed by atoms with Crippen molar-refractivity contribution in [3.63, 3.8) is 0 Å². The summed E-state index contributed by atoms with van der Waals surface area (Å²) in [4.78, 5) is 5.38. The second-order valence-corrected chi connectivity index (χ2v) is 3.90. The van der Waals surface area contributed by atoms with Gasteiger partial charge in [-0.1, -0.05) is 11.8 Å². The molecular formula is C6H8N4S2. The lowest BCUT2D eigenvalue weighted by molar-refractivity contribution is 0.821. The molecule has 0 amide bonds. The number of imidazole rings is 1. The predicted octanol–water partition coefficient (Wildman–Crippen LogP) is 1.33. The summed E-state index contributed by atoms with van der Waals surface area (Å²) in [6, 6.07) is 0. The molecule has 0 aromatic carbocycles. The summed E-state index contributed by atoms with van der Waals surface area (Å²) >= 11 is 3.00. The van der Waals surface area contributed by atoms with Crippen LogP contribution in [0.4, 0.5) is 5.82 Å². The standard InChI is InChI=1S/C6H8N4S2/c1-10-5-3(4(7)9-12-5)8-6(10)11-2/h1-2H3,(H2,7,9). The minimum absolute atomic E-state index is 0.533. The monoisotopic (exact) mass is 200 g/mol. The zero-order chi connectivity index (χ0) is 8.72. The van der Waals surface area contributed by atoms with Crippen LogP contribution in [0.15, 0.2) is 5.16 Å². The summed E-state index contributed by atoms with van der Waals surface area (Å²) < 4.78 is 6.03. The number of nitrogen functional groups attached to an aromatic ring is 1. The molecule has 12 heavy (non-hydrogen) atoms. The Bertz CT molecular complexity index is 416. The van der Waals surface area contributed by atoms with E-state index in [1.807, 2.05) is 17.9 Å². The lowest BCUT2D eigenvalue weighted by Gasteiger charge is -1.93. The van der Waals surface area contributed by atoms with Crippen LogP contribution in [0, 0.1) is 0 Å². The minimum Gasteiger partial charge on any atom is -0.381 e. The molecular weight excluding hydrogens is 192 g/mol. The molecule has 0 bridgehead atoms. The van der Waals surface area contributed by atoms with Gasteiger partial charge in [0, 0.05) is 7.05 Å². The van der Waals surface area contributed by atoms with Crippen LogP contribution in [0.2, 0.25) is 0 Å². The highest BCUT2D eigenvalue weighted by Gasteiger charge is 2.11. The van der Waals surface area contributed by atoms with Gasteiger partial charge in [0.25, 0.3) is 0 Å². The minimum atomic E-state index is 0.533. The second kappa shape index (κ2) is 2.63. The van der Waals surface area contributed by atoms with Crippen molar-refractivity contribution in [2.24, 2.45) is 7.05 Å². The number of fused-ring (bicyclic) bond motifs is 1. The first-order valence-electron chi connectivity index (χ1n) is 3.35. The maximum atomic E-state index is 5.63. The molecule has 2 heterocycles. The summed E-state index contributed by atoms with van der Waals surface area (Å²) in [5.74, 6) is 0.533. The van der Waals surface area contributed by atoms with Crippen LogP contribution in [0.3, 0.4) is 0 Å². The normalized spacial score (nSPS) is 11.2. The first-order valence-corrected chi connectivity index (χ1v) is 5.35. The number of aryl methyl sites for hydroxylation is 1. The Morgan fingerprint density at radius 1 is 1.58 bits per heavy atom. The molecule has 0 fully saturated rings. The SMILES string of the molecule is CSc1nc2c(N)nsc2n1C. The molecule has 0 aliphatic rings. The van der Waals surface area contributed by atoms with Gasteiger partial charge in [0.2, 0.25) is 0 Å². The van der Waals surface area contributed by atoms with Crippen molar-refractivity contribution in [1.29, 1.82) is 0 Å². The number of thioether (sulfide) groups is 1. The summed E-state index contributed by atoms with van der Waals surface area (Å²) in [7, 11) is 1.97. The number of hydrogen-bond acceptors (Lipinski definition) is 5. The molecule has 2 N–H and O–H groups in total. The summed E-state index contributed by atoms with van der Waals surface area (Å²) in [5, 5.41) is 0.977. The third-order valence-electron chi connectivity index (χ3n) is 1.66. The van der Waals surface area contributed by atoms with Crippen molar-refractivity contribution in [2.45, 2.75) is 5.16 Å². The number of anilines is 1. The van der Waals surface area contributed by atoms with Gasteiger partial charge < -0.3 is 10.3 Å². The number of nitrogens with zero attached hydrogens (tertiary/aromatic N) is 3. The van der Waals surface area contributed by atoms with Crippen LogP contribution in [-0.2, 0) is 7.05 Å². The average molecular weight is 200 g/mol. The highest BCUT2D eigenvalue weighted by molar-refractivity contribution is 7.98.